The van der Waals surface area contributed by atoms with Gasteiger partial charge in [0.25, 0.3) is 0 Å². The van der Waals surface area contributed by atoms with Crippen molar-refractivity contribution in [2.75, 3.05) is 19.6 Å². The Morgan fingerprint density at radius 1 is 1.46 bits per heavy atom. The van der Waals surface area contributed by atoms with Crippen molar-refractivity contribution in [3.8, 4) is 0 Å². The quantitative estimate of drug-likeness (QED) is 0.720. The molecule has 1 aliphatic heterocycles. The van der Waals surface area contributed by atoms with Crippen LogP contribution in [0.4, 0.5) is 0 Å². The van der Waals surface area contributed by atoms with Gasteiger partial charge >= 0.3 is 0 Å². The molecule has 3 atom stereocenters. The molecule has 1 saturated heterocycles. The van der Waals surface area contributed by atoms with Gasteiger partial charge in [-0.25, -0.2) is 0 Å². The lowest BCUT2D eigenvalue weighted by Gasteiger charge is -2.19. The average molecular weight is 184 g/mol. The van der Waals surface area contributed by atoms with Crippen molar-refractivity contribution in [3.05, 3.63) is 0 Å². The Kier molecular flexibility index (Phi) is 4.20. The summed E-state index contributed by atoms with van der Waals surface area (Å²) < 4.78 is 0. The summed E-state index contributed by atoms with van der Waals surface area (Å²) in [6, 6.07) is 0.411. The van der Waals surface area contributed by atoms with Crippen LogP contribution in [0.3, 0.4) is 0 Å². The predicted molar refractivity (Wildman–Crippen MR) is 57.7 cm³/mol. The zero-order valence-electron chi connectivity index (χ0n) is 9.29. The highest BCUT2D eigenvalue weighted by Gasteiger charge is 2.26. The molecule has 1 fully saturated rings. The Morgan fingerprint density at radius 2 is 2.15 bits per heavy atom. The third-order valence-corrected chi connectivity index (χ3v) is 3.10. The van der Waals surface area contributed by atoms with E-state index >= 15 is 0 Å². The Balaban J connectivity index is 2.23. The van der Waals surface area contributed by atoms with Gasteiger partial charge in [-0.3, -0.25) is 0 Å². The van der Waals surface area contributed by atoms with Crippen molar-refractivity contribution < 1.29 is 0 Å². The van der Waals surface area contributed by atoms with Gasteiger partial charge in [0.1, 0.15) is 0 Å². The maximum absolute atomic E-state index is 5.98. The lowest BCUT2D eigenvalue weighted by molar-refractivity contribution is 0.271. The fourth-order valence-electron chi connectivity index (χ4n) is 2.27. The molecule has 2 heteroatoms. The number of rotatable bonds is 4. The molecule has 2 nitrogen and oxygen atoms in total. The van der Waals surface area contributed by atoms with E-state index in [9.17, 15) is 0 Å². The van der Waals surface area contributed by atoms with Gasteiger partial charge in [-0.15, -0.1) is 0 Å². The highest BCUT2D eigenvalue weighted by molar-refractivity contribution is 4.84. The summed E-state index contributed by atoms with van der Waals surface area (Å²) in [5.41, 5.74) is 5.98. The molecule has 0 aliphatic carbocycles. The van der Waals surface area contributed by atoms with Crippen molar-refractivity contribution in [1.29, 1.82) is 0 Å². The average Bonchev–Trinajstić information content (AvgIpc) is 2.31. The van der Waals surface area contributed by atoms with Gasteiger partial charge in [-0.2, -0.15) is 0 Å². The zero-order chi connectivity index (χ0) is 9.84. The van der Waals surface area contributed by atoms with Crippen LogP contribution < -0.4 is 5.73 Å². The molecule has 0 aromatic heterocycles. The monoisotopic (exact) mass is 184 g/mol. The number of nitrogens with zero attached hydrogens (tertiary/aromatic N) is 1. The summed E-state index contributed by atoms with van der Waals surface area (Å²) in [7, 11) is 0. The van der Waals surface area contributed by atoms with E-state index in [0.29, 0.717) is 12.0 Å². The standard InChI is InChI=1S/C11H24N2/c1-4-5-9(2)6-13-7-10(3)11(12)8-13/h9-11H,4-8,12H2,1-3H3. The third-order valence-electron chi connectivity index (χ3n) is 3.10. The van der Waals surface area contributed by atoms with Crippen molar-refractivity contribution in [2.45, 2.75) is 39.7 Å². The van der Waals surface area contributed by atoms with Gasteiger partial charge in [-0.05, 0) is 18.3 Å². The van der Waals surface area contributed by atoms with Gasteiger partial charge in [-0.1, -0.05) is 27.2 Å². The second-order valence-electron chi connectivity index (χ2n) is 4.75. The molecule has 0 bridgehead atoms. The molecule has 13 heavy (non-hydrogen) atoms. The van der Waals surface area contributed by atoms with Gasteiger partial charge in [0.2, 0.25) is 0 Å². The normalized spacial score (nSPS) is 32.3. The van der Waals surface area contributed by atoms with Crippen molar-refractivity contribution in [2.24, 2.45) is 17.6 Å². The Morgan fingerprint density at radius 3 is 2.62 bits per heavy atom. The van der Waals surface area contributed by atoms with E-state index in [1.54, 1.807) is 0 Å². The van der Waals surface area contributed by atoms with Crippen LogP contribution in [0.2, 0.25) is 0 Å². The Hall–Kier alpha value is -0.0800. The molecule has 3 unspecified atom stereocenters. The SMILES string of the molecule is CCCC(C)CN1CC(C)C(N)C1. The van der Waals surface area contributed by atoms with Crippen LogP contribution in [0.15, 0.2) is 0 Å². The lowest BCUT2D eigenvalue weighted by Crippen LogP contribution is -2.30. The van der Waals surface area contributed by atoms with Crippen LogP contribution in [0.1, 0.15) is 33.6 Å². The maximum Gasteiger partial charge on any atom is 0.0206 e. The van der Waals surface area contributed by atoms with E-state index in [4.69, 9.17) is 5.73 Å². The minimum atomic E-state index is 0.411. The lowest BCUT2D eigenvalue weighted by atomic mass is 10.1. The minimum absolute atomic E-state index is 0.411. The second kappa shape index (κ2) is 4.97. The summed E-state index contributed by atoms with van der Waals surface area (Å²) >= 11 is 0. The predicted octanol–water partition coefficient (Wildman–Crippen LogP) is 1.70. The van der Waals surface area contributed by atoms with E-state index in [1.165, 1.54) is 25.9 Å². The largest absolute Gasteiger partial charge is 0.326 e. The minimum Gasteiger partial charge on any atom is -0.326 e. The van der Waals surface area contributed by atoms with Crippen molar-refractivity contribution in [3.63, 3.8) is 0 Å². The number of hydrogen-bond donors (Lipinski definition) is 1. The molecular weight excluding hydrogens is 160 g/mol. The van der Waals surface area contributed by atoms with E-state index in [-0.39, 0.29) is 0 Å². The fraction of sp³-hybridized carbons (Fsp3) is 1.00. The molecule has 0 amide bonds. The van der Waals surface area contributed by atoms with Crippen LogP contribution in [-0.4, -0.2) is 30.6 Å². The summed E-state index contributed by atoms with van der Waals surface area (Å²) in [4.78, 5) is 2.52. The first kappa shape index (κ1) is 11.0. The highest BCUT2D eigenvalue weighted by Crippen LogP contribution is 2.17. The Labute approximate surface area is 82.5 Å². The van der Waals surface area contributed by atoms with E-state index in [1.807, 2.05) is 0 Å². The molecule has 0 aromatic rings. The molecule has 0 radical (unpaired) electrons. The number of hydrogen-bond acceptors (Lipinski definition) is 2. The van der Waals surface area contributed by atoms with E-state index < -0.39 is 0 Å². The molecule has 78 valence electrons. The van der Waals surface area contributed by atoms with Gasteiger partial charge in [0.15, 0.2) is 0 Å². The number of nitrogens with two attached hydrogens (primary N) is 1. The third kappa shape index (κ3) is 3.28. The van der Waals surface area contributed by atoms with Gasteiger partial charge < -0.3 is 10.6 Å². The fourth-order valence-corrected chi connectivity index (χ4v) is 2.27. The summed E-state index contributed by atoms with van der Waals surface area (Å²) in [5.74, 6) is 1.52. The first-order valence-electron chi connectivity index (χ1n) is 5.61. The number of likely N-dealkylation sites (tertiary alicyclic amines) is 1. The summed E-state index contributed by atoms with van der Waals surface area (Å²) in [6.07, 6.45) is 2.65. The van der Waals surface area contributed by atoms with Crippen LogP contribution in [-0.2, 0) is 0 Å². The summed E-state index contributed by atoms with van der Waals surface area (Å²) in [6.45, 7) is 10.4. The molecular formula is C11H24N2. The zero-order valence-corrected chi connectivity index (χ0v) is 9.29. The first-order valence-corrected chi connectivity index (χ1v) is 5.61. The topological polar surface area (TPSA) is 29.3 Å². The smallest absolute Gasteiger partial charge is 0.0206 e. The van der Waals surface area contributed by atoms with Crippen LogP contribution >= 0.6 is 0 Å². The van der Waals surface area contributed by atoms with E-state index in [2.05, 4.69) is 25.7 Å². The Bertz CT molecular complexity index is 137. The molecule has 1 aliphatic rings. The van der Waals surface area contributed by atoms with E-state index in [0.717, 1.165) is 12.5 Å². The van der Waals surface area contributed by atoms with Crippen LogP contribution in [0.5, 0.6) is 0 Å². The highest BCUT2D eigenvalue weighted by atomic mass is 15.2. The van der Waals surface area contributed by atoms with Crippen LogP contribution in [0, 0.1) is 11.8 Å². The first-order chi connectivity index (χ1) is 6.13. The van der Waals surface area contributed by atoms with Gasteiger partial charge in [0, 0.05) is 25.7 Å². The summed E-state index contributed by atoms with van der Waals surface area (Å²) in [5, 5.41) is 0. The second-order valence-corrected chi connectivity index (χ2v) is 4.75. The maximum atomic E-state index is 5.98. The molecule has 0 aromatic carbocycles. The molecule has 1 rings (SSSR count). The molecule has 2 N–H and O–H groups in total. The molecule has 0 spiro atoms. The van der Waals surface area contributed by atoms with Crippen molar-refractivity contribution >= 4 is 0 Å². The van der Waals surface area contributed by atoms with Crippen LogP contribution in [0.25, 0.3) is 0 Å². The molecule has 1 heterocycles. The van der Waals surface area contributed by atoms with Gasteiger partial charge in [0.05, 0.1) is 0 Å². The van der Waals surface area contributed by atoms with Crippen molar-refractivity contribution in [1.82, 2.24) is 4.90 Å². The molecule has 0 saturated carbocycles.